The SMILES string of the molecule is CC(C(=C/N)/C=N/c1cncc(N2CCCC2)n1)n1ccc(N2CCC[C@@H](NCC3CC3)C2)cc1=O.[HH]. The highest BCUT2D eigenvalue weighted by Crippen LogP contribution is 2.28. The number of anilines is 2. The molecular formula is C27H40N8O. The smallest absolute Gasteiger partial charge is 0.253 e. The van der Waals surface area contributed by atoms with Gasteiger partial charge < -0.3 is 25.4 Å². The Morgan fingerprint density at radius 1 is 1.22 bits per heavy atom. The zero-order chi connectivity index (χ0) is 24.9. The van der Waals surface area contributed by atoms with Crippen molar-refractivity contribution in [2.45, 2.75) is 57.5 Å². The highest BCUT2D eigenvalue weighted by Gasteiger charge is 2.25. The number of nitrogens with zero attached hydrogens (tertiary/aromatic N) is 6. The predicted octanol–water partition coefficient (Wildman–Crippen LogP) is 3.26. The molecule has 9 nitrogen and oxygen atoms in total. The lowest BCUT2D eigenvalue weighted by Gasteiger charge is -2.35. The van der Waals surface area contributed by atoms with E-state index in [1.807, 2.05) is 19.2 Å². The lowest BCUT2D eigenvalue weighted by atomic mass is 10.0. The molecule has 2 aromatic heterocycles. The Balaban J connectivity index is 0.00000320. The minimum absolute atomic E-state index is 0. The third-order valence-electron chi connectivity index (χ3n) is 7.59. The van der Waals surface area contributed by atoms with Gasteiger partial charge in [0.05, 0.1) is 18.4 Å². The van der Waals surface area contributed by atoms with Gasteiger partial charge >= 0.3 is 0 Å². The van der Waals surface area contributed by atoms with Crippen LogP contribution in [-0.2, 0) is 0 Å². The van der Waals surface area contributed by atoms with Crippen molar-refractivity contribution < 1.29 is 1.43 Å². The lowest BCUT2D eigenvalue weighted by molar-refractivity contribution is 0.416. The molecule has 0 spiro atoms. The number of hydrogen-bond acceptors (Lipinski definition) is 8. The maximum Gasteiger partial charge on any atom is 0.253 e. The molecule has 4 heterocycles. The molecule has 1 aliphatic carbocycles. The van der Waals surface area contributed by atoms with Crippen LogP contribution in [0.1, 0.15) is 52.9 Å². The van der Waals surface area contributed by atoms with Crippen molar-refractivity contribution in [1.82, 2.24) is 19.9 Å². The molecule has 0 radical (unpaired) electrons. The number of aliphatic imine (C=N–C) groups is 1. The summed E-state index contributed by atoms with van der Waals surface area (Å²) in [5.41, 5.74) is 7.62. The molecule has 1 unspecified atom stereocenters. The van der Waals surface area contributed by atoms with Gasteiger partial charge in [-0.15, -0.1) is 0 Å². The number of aromatic nitrogens is 3. The normalized spacial score (nSPS) is 21.9. The summed E-state index contributed by atoms with van der Waals surface area (Å²) in [5, 5.41) is 3.72. The molecule has 3 aliphatic rings. The van der Waals surface area contributed by atoms with Crippen molar-refractivity contribution in [3.05, 3.63) is 52.9 Å². The fraction of sp³-hybridized carbons (Fsp3) is 0.556. The molecule has 5 rings (SSSR count). The van der Waals surface area contributed by atoms with Crippen LogP contribution >= 0.6 is 0 Å². The van der Waals surface area contributed by atoms with Crippen LogP contribution in [0.5, 0.6) is 0 Å². The molecule has 36 heavy (non-hydrogen) atoms. The molecule has 0 aromatic carbocycles. The summed E-state index contributed by atoms with van der Waals surface area (Å²) < 4.78 is 1.70. The Morgan fingerprint density at radius 3 is 2.78 bits per heavy atom. The largest absolute Gasteiger partial charge is 0.404 e. The minimum atomic E-state index is -0.260. The molecular weight excluding hydrogens is 452 g/mol. The van der Waals surface area contributed by atoms with E-state index in [1.54, 1.807) is 29.2 Å². The monoisotopic (exact) mass is 492 g/mol. The third-order valence-corrected chi connectivity index (χ3v) is 7.59. The van der Waals surface area contributed by atoms with Crippen LogP contribution in [0.4, 0.5) is 17.3 Å². The zero-order valence-corrected chi connectivity index (χ0v) is 21.2. The first-order valence-electron chi connectivity index (χ1n) is 13.3. The molecule has 1 saturated carbocycles. The van der Waals surface area contributed by atoms with E-state index in [1.165, 1.54) is 38.3 Å². The van der Waals surface area contributed by atoms with Crippen molar-refractivity contribution in [2.24, 2.45) is 16.6 Å². The number of piperidine rings is 1. The van der Waals surface area contributed by atoms with Crippen LogP contribution in [0.25, 0.3) is 0 Å². The van der Waals surface area contributed by atoms with Gasteiger partial charge in [0, 0.05) is 69.6 Å². The molecule has 0 bridgehead atoms. The van der Waals surface area contributed by atoms with Crippen LogP contribution in [0.15, 0.2) is 52.3 Å². The molecule has 194 valence electrons. The van der Waals surface area contributed by atoms with Crippen LogP contribution < -0.4 is 26.4 Å². The average molecular weight is 493 g/mol. The van der Waals surface area contributed by atoms with Gasteiger partial charge in [-0.3, -0.25) is 9.78 Å². The fourth-order valence-corrected chi connectivity index (χ4v) is 5.13. The van der Waals surface area contributed by atoms with E-state index in [0.29, 0.717) is 11.9 Å². The third kappa shape index (κ3) is 5.95. The topological polar surface area (TPSA) is 105 Å². The first-order valence-corrected chi connectivity index (χ1v) is 13.3. The van der Waals surface area contributed by atoms with Crippen LogP contribution in [0, 0.1) is 5.92 Å². The fourth-order valence-electron chi connectivity index (χ4n) is 5.13. The van der Waals surface area contributed by atoms with Gasteiger partial charge in [0.15, 0.2) is 5.82 Å². The Hall–Kier alpha value is -3.20. The summed E-state index contributed by atoms with van der Waals surface area (Å²) in [6.45, 7) is 7.02. The highest BCUT2D eigenvalue weighted by molar-refractivity contribution is 5.81. The van der Waals surface area contributed by atoms with E-state index in [2.05, 4.69) is 30.1 Å². The van der Waals surface area contributed by atoms with Crippen molar-refractivity contribution in [2.75, 3.05) is 42.5 Å². The molecule has 0 amide bonds. The summed E-state index contributed by atoms with van der Waals surface area (Å²) >= 11 is 0. The van der Waals surface area contributed by atoms with Crippen molar-refractivity contribution in [1.29, 1.82) is 0 Å². The summed E-state index contributed by atoms with van der Waals surface area (Å²) in [5.74, 6) is 2.26. The second-order valence-electron chi connectivity index (χ2n) is 10.3. The van der Waals surface area contributed by atoms with Gasteiger partial charge in [-0.05, 0) is 64.0 Å². The van der Waals surface area contributed by atoms with Gasteiger partial charge in [0.2, 0.25) is 0 Å². The minimum Gasteiger partial charge on any atom is -0.404 e. The molecule has 3 fully saturated rings. The number of nitrogens with two attached hydrogens (primary N) is 1. The van der Waals surface area contributed by atoms with Gasteiger partial charge in [0.25, 0.3) is 5.56 Å². The van der Waals surface area contributed by atoms with Crippen LogP contribution in [0.3, 0.4) is 0 Å². The maximum atomic E-state index is 13.1. The van der Waals surface area contributed by atoms with E-state index in [4.69, 9.17) is 5.73 Å². The van der Waals surface area contributed by atoms with Gasteiger partial charge in [-0.1, -0.05) is 0 Å². The van der Waals surface area contributed by atoms with Crippen LogP contribution in [0.2, 0.25) is 0 Å². The molecule has 9 heteroatoms. The predicted molar refractivity (Wildman–Crippen MR) is 147 cm³/mol. The number of nitrogens with one attached hydrogen (secondary N) is 1. The highest BCUT2D eigenvalue weighted by atomic mass is 16.1. The van der Waals surface area contributed by atoms with Crippen molar-refractivity contribution in [3.8, 4) is 0 Å². The Bertz CT molecular complexity index is 1160. The first-order chi connectivity index (χ1) is 17.6. The van der Waals surface area contributed by atoms with E-state index in [0.717, 1.165) is 62.1 Å². The summed E-state index contributed by atoms with van der Waals surface area (Å²) in [6, 6.07) is 4.02. The van der Waals surface area contributed by atoms with E-state index in [-0.39, 0.29) is 13.0 Å². The van der Waals surface area contributed by atoms with Crippen LogP contribution in [-0.4, -0.2) is 59.5 Å². The second-order valence-corrected chi connectivity index (χ2v) is 10.3. The molecule has 2 aromatic rings. The number of rotatable bonds is 9. The molecule has 3 N–H and O–H groups in total. The average Bonchev–Trinajstić information content (AvgIpc) is 3.58. The van der Waals surface area contributed by atoms with E-state index in [9.17, 15) is 4.79 Å². The quantitative estimate of drug-likeness (QED) is 0.518. The molecule has 2 saturated heterocycles. The zero-order valence-electron chi connectivity index (χ0n) is 21.2. The second kappa shape index (κ2) is 11.2. The number of pyridine rings is 1. The van der Waals surface area contributed by atoms with E-state index >= 15 is 0 Å². The first kappa shape index (κ1) is 24.5. The lowest BCUT2D eigenvalue weighted by Crippen LogP contribution is -2.46. The summed E-state index contributed by atoms with van der Waals surface area (Å²) in [4.78, 5) is 31.1. The maximum absolute atomic E-state index is 13.1. The van der Waals surface area contributed by atoms with Crippen molar-refractivity contribution >= 4 is 23.5 Å². The van der Waals surface area contributed by atoms with Gasteiger partial charge in [-0.25, -0.2) is 9.98 Å². The molecule has 2 aliphatic heterocycles. The summed E-state index contributed by atoms with van der Waals surface area (Å²) in [7, 11) is 0. The summed E-state index contributed by atoms with van der Waals surface area (Å²) in [6.07, 6.45) is 15.9. The van der Waals surface area contributed by atoms with Gasteiger partial charge in [-0.2, -0.15) is 0 Å². The Morgan fingerprint density at radius 2 is 2.03 bits per heavy atom. The van der Waals surface area contributed by atoms with Gasteiger partial charge in [0.1, 0.15) is 5.82 Å². The van der Waals surface area contributed by atoms with E-state index < -0.39 is 0 Å². The number of allylic oxidation sites excluding steroid dienone is 1. The Kier molecular flexibility index (Phi) is 7.65. The standard InChI is InChI=1S/C27H38N8O.H2/c1-20(22(14-28)16-31-25-17-29-18-26(32-25)33-9-2-3-10-33)35-12-8-24(13-27(35)36)34-11-4-5-23(19-34)30-15-21-6-7-21;/h8,12-14,16-18,20-21,23,30H,2-7,9-11,15,19,28H2,1H3;1H/b22-14+,31-16+;/t20?,23-;/m1./s1. The van der Waals surface area contributed by atoms with Crippen molar-refractivity contribution in [3.63, 3.8) is 0 Å². The number of hydrogen-bond donors (Lipinski definition) is 2. The molecule has 2 atom stereocenters. The Labute approximate surface area is 214 Å².